The summed E-state index contributed by atoms with van der Waals surface area (Å²) in [5.74, 6) is 1.10. The first-order valence-corrected chi connectivity index (χ1v) is 9.79. The molecule has 0 spiro atoms. The Morgan fingerprint density at radius 3 is 2.89 bits per heavy atom. The van der Waals surface area contributed by atoms with E-state index in [1.54, 1.807) is 30.6 Å². The zero-order valence-corrected chi connectivity index (χ0v) is 15.9. The van der Waals surface area contributed by atoms with Crippen LogP contribution in [0.15, 0.2) is 29.6 Å². The van der Waals surface area contributed by atoms with E-state index in [1.807, 2.05) is 11.6 Å². The molecule has 0 unspecified atom stereocenters. The van der Waals surface area contributed by atoms with Crippen LogP contribution in [0.1, 0.15) is 23.2 Å². The molecule has 4 aromatic rings. The Balaban J connectivity index is 1.76. The van der Waals surface area contributed by atoms with Gasteiger partial charge >= 0.3 is 5.97 Å². The van der Waals surface area contributed by atoms with Gasteiger partial charge in [-0.15, -0.1) is 11.3 Å². The molecular weight excluding hydrogens is 362 g/mol. The number of aryl methyl sites for hydroxylation is 1. The smallest absolute Gasteiger partial charge is 0.335 e. The van der Waals surface area contributed by atoms with Crippen LogP contribution in [0, 0.1) is 5.92 Å². The van der Waals surface area contributed by atoms with Gasteiger partial charge in [-0.1, -0.05) is 0 Å². The molecule has 0 bridgehead atoms. The number of carboxylic acid groups (broad SMARTS) is 1. The number of benzene rings is 1. The van der Waals surface area contributed by atoms with Crippen molar-refractivity contribution < 1.29 is 14.6 Å². The normalized spacial score (nSPS) is 14.3. The molecule has 3 aromatic heterocycles. The van der Waals surface area contributed by atoms with Gasteiger partial charge in [-0.3, -0.25) is 0 Å². The highest BCUT2D eigenvalue weighted by Gasteiger charge is 2.26. The third kappa shape index (κ3) is 2.53. The number of aromatic nitrogens is 3. The molecule has 1 aliphatic rings. The minimum atomic E-state index is -0.986. The van der Waals surface area contributed by atoms with Crippen molar-refractivity contribution in [2.45, 2.75) is 19.4 Å². The second kappa shape index (κ2) is 5.85. The van der Waals surface area contributed by atoms with Gasteiger partial charge in [0.2, 0.25) is 0 Å². The highest BCUT2D eigenvalue weighted by molar-refractivity contribution is 7.16. The van der Waals surface area contributed by atoms with Crippen LogP contribution in [-0.4, -0.2) is 32.3 Å². The number of ether oxygens (including phenoxy) is 1. The molecule has 0 radical (unpaired) electrons. The molecule has 27 heavy (non-hydrogen) atoms. The summed E-state index contributed by atoms with van der Waals surface area (Å²) >= 11 is 1.75. The van der Waals surface area contributed by atoms with Crippen LogP contribution in [-0.2, 0) is 13.6 Å². The third-order valence-electron chi connectivity index (χ3n) is 5.27. The molecule has 3 heterocycles. The van der Waals surface area contributed by atoms with E-state index in [9.17, 15) is 9.90 Å². The lowest BCUT2D eigenvalue weighted by Crippen LogP contribution is -2.04. The highest BCUT2D eigenvalue weighted by atomic mass is 32.1. The highest BCUT2D eigenvalue weighted by Crippen LogP contribution is 2.39. The van der Waals surface area contributed by atoms with Gasteiger partial charge in [0.1, 0.15) is 16.1 Å². The molecule has 1 saturated carbocycles. The number of hydrogen-bond acceptors (Lipinski definition) is 4. The first kappa shape index (κ1) is 16.4. The summed E-state index contributed by atoms with van der Waals surface area (Å²) in [5.41, 5.74) is 2.69. The van der Waals surface area contributed by atoms with Gasteiger partial charge in [0, 0.05) is 19.0 Å². The van der Waals surface area contributed by atoms with Gasteiger partial charge in [-0.05, 0) is 48.4 Å². The molecule has 1 N–H and O–H groups in total. The number of imidazole rings is 1. The maximum Gasteiger partial charge on any atom is 0.335 e. The zero-order valence-electron chi connectivity index (χ0n) is 15.1. The molecule has 138 valence electrons. The summed E-state index contributed by atoms with van der Waals surface area (Å²) in [6.07, 6.45) is 2.56. The van der Waals surface area contributed by atoms with Gasteiger partial charge in [0.25, 0.3) is 0 Å². The van der Waals surface area contributed by atoms with Gasteiger partial charge in [-0.25, -0.2) is 9.78 Å². The summed E-state index contributed by atoms with van der Waals surface area (Å²) in [4.78, 5) is 17.5. The van der Waals surface area contributed by atoms with Gasteiger partial charge < -0.3 is 19.0 Å². The summed E-state index contributed by atoms with van der Waals surface area (Å²) in [6.45, 7) is 1.00. The van der Waals surface area contributed by atoms with E-state index in [2.05, 4.69) is 22.1 Å². The van der Waals surface area contributed by atoms with Gasteiger partial charge in [0.05, 0.1) is 23.9 Å². The summed E-state index contributed by atoms with van der Waals surface area (Å²) in [5, 5.41) is 12.7. The van der Waals surface area contributed by atoms with Crippen molar-refractivity contribution in [3.63, 3.8) is 0 Å². The van der Waals surface area contributed by atoms with Crippen molar-refractivity contribution in [3.05, 3.63) is 35.2 Å². The van der Waals surface area contributed by atoms with Gasteiger partial charge in [0.15, 0.2) is 5.82 Å². The van der Waals surface area contributed by atoms with Crippen LogP contribution >= 0.6 is 11.3 Å². The van der Waals surface area contributed by atoms with Crippen LogP contribution in [0.5, 0.6) is 5.75 Å². The monoisotopic (exact) mass is 381 g/mol. The Morgan fingerprint density at radius 1 is 1.37 bits per heavy atom. The Hall–Kier alpha value is -2.80. The number of aromatic carboxylic acids is 1. The molecule has 6 nitrogen and oxygen atoms in total. The van der Waals surface area contributed by atoms with Crippen molar-refractivity contribution in [2.75, 3.05) is 7.11 Å². The summed E-state index contributed by atoms with van der Waals surface area (Å²) < 4.78 is 9.83. The van der Waals surface area contributed by atoms with Crippen molar-refractivity contribution in [3.8, 4) is 17.3 Å². The predicted octanol–water partition coefficient (Wildman–Crippen LogP) is 4.37. The van der Waals surface area contributed by atoms with E-state index < -0.39 is 5.97 Å². The van der Waals surface area contributed by atoms with E-state index in [-0.39, 0.29) is 5.56 Å². The molecule has 0 amide bonds. The Labute approximate surface area is 159 Å². The zero-order chi connectivity index (χ0) is 18.7. The molecule has 0 aliphatic heterocycles. The van der Waals surface area contributed by atoms with E-state index >= 15 is 0 Å². The van der Waals surface area contributed by atoms with Crippen LogP contribution in [0.4, 0.5) is 0 Å². The fourth-order valence-electron chi connectivity index (χ4n) is 3.72. The molecule has 1 fully saturated rings. The first-order chi connectivity index (χ1) is 13.1. The lowest BCUT2D eigenvalue weighted by molar-refractivity contribution is 0.0696. The fourth-order valence-corrected chi connectivity index (χ4v) is 4.63. The quantitative estimate of drug-likeness (QED) is 0.557. The number of carboxylic acids is 1. The van der Waals surface area contributed by atoms with Crippen molar-refractivity contribution in [1.82, 2.24) is 14.1 Å². The third-order valence-corrected chi connectivity index (χ3v) is 6.22. The van der Waals surface area contributed by atoms with Crippen LogP contribution in [0.2, 0.25) is 0 Å². The summed E-state index contributed by atoms with van der Waals surface area (Å²) in [7, 11) is 3.51. The molecule has 1 aliphatic carbocycles. The van der Waals surface area contributed by atoms with E-state index in [0.717, 1.165) is 29.5 Å². The second-order valence-electron chi connectivity index (χ2n) is 7.11. The molecule has 7 heteroatoms. The topological polar surface area (TPSA) is 69.3 Å². The number of rotatable bonds is 5. The molecule has 1 aromatic carbocycles. The molecular formula is C20H19N3O3S. The standard InChI is InChI=1S/C20H19N3O3S/c1-22-17-14(7-13(20(24)25)9-16(17)26-2)21-18(22)15-8-12-5-6-27-19(12)23(15)10-11-3-4-11/h5-9,11H,3-4,10H2,1-2H3,(H,24,25). The average molecular weight is 381 g/mol. The average Bonchev–Trinajstić information content (AvgIpc) is 3.10. The Morgan fingerprint density at radius 2 is 2.19 bits per heavy atom. The lowest BCUT2D eigenvalue weighted by atomic mass is 10.2. The maximum atomic E-state index is 11.4. The number of methoxy groups -OCH3 is 1. The van der Waals surface area contributed by atoms with Crippen molar-refractivity contribution >= 4 is 38.6 Å². The predicted molar refractivity (Wildman–Crippen MR) is 106 cm³/mol. The van der Waals surface area contributed by atoms with Crippen LogP contribution < -0.4 is 4.74 Å². The number of fused-ring (bicyclic) bond motifs is 2. The molecule has 0 atom stereocenters. The van der Waals surface area contributed by atoms with E-state index in [0.29, 0.717) is 11.3 Å². The minimum absolute atomic E-state index is 0.179. The summed E-state index contributed by atoms with van der Waals surface area (Å²) in [6, 6.07) is 7.48. The Kier molecular flexibility index (Phi) is 3.55. The second-order valence-corrected chi connectivity index (χ2v) is 8.01. The minimum Gasteiger partial charge on any atom is -0.494 e. The van der Waals surface area contributed by atoms with Crippen molar-refractivity contribution in [2.24, 2.45) is 13.0 Å². The van der Waals surface area contributed by atoms with E-state index in [1.165, 1.54) is 23.1 Å². The fraction of sp³-hybridized carbons (Fsp3) is 0.300. The van der Waals surface area contributed by atoms with Crippen molar-refractivity contribution in [1.29, 1.82) is 0 Å². The number of nitrogens with zero attached hydrogens (tertiary/aromatic N) is 3. The largest absolute Gasteiger partial charge is 0.494 e. The first-order valence-electron chi connectivity index (χ1n) is 8.91. The van der Waals surface area contributed by atoms with Crippen LogP contribution in [0.3, 0.4) is 0 Å². The van der Waals surface area contributed by atoms with Crippen LogP contribution in [0.25, 0.3) is 32.8 Å². The Bertz CT molecular complexity index is 1200. The van der Waals surface area contributed by atoms with Gasteiger partial charge in [-0.2, -0.15) is 0 Å². The molecule has 5 rings (SSSR count). The molecule has 0 saturated heterocycles. The number of hydrogen-bond donors (Lipinski definition) is 1. The van der Waals surface area contributed by atoms with E-state index in [4.69, 9.17) is 9.72 Å². The lowest BCUT2D eigenvalue weighted by Gasteiger charge is -2.10. The number of thiophene rings is 1. The number of carbonyl (C=O) groups is 1. The maximum absolute atomic E-state index is 11.4. The SMILES string of the molecule is COc1cc(C(=O)O)cc2nc(-c3cc4ccsc4n3CC3CC3)n(C)c12.